The highest BCUT2D eigenvalue weighted by atomic mass is 35.5. The summed E-state index contributed by atoms with van der Waals surface area (Å²) < 4.78 is 67.1. The highest BCUT2D eigenvalue weighted by Gasteiger charge is 2.52. The Bertz CT molecular complexity index is 982. The molecule has 4 rings (SSSR count). The summed E-state index contributed by atoms with van der Waals surface area (Å²) in [5.74, 6) is -4.87. The van der Waals surface area contributed by atoms with E-state index < -0.39 is 30.7 Å². The van der Waals surface area contributed by atoms with Gasteiger partial charge >= 0.3 is 12.3 Å². The summed E-state index contributed by atoms with van der Waals surface area (Å²) in [6.07, 6.45) is -2.13. The number of rotatable bonds is 6. The molecule has 1 amide bonds. The zero-order chi connectivity index (χ0) is 22.9. The summed E-state index contributed by atoms with van der Waals surface area (Å²) in [5.41, 5.74) is 0.204. The van der Waals surface area contributed by atoms with Gasteiger partial charge in [0.2, 0.25) is 0 Å². The highest BCUT2D eigenvalue weighted by Crippen LogP contribution is 2.42. The van der Waals surface area contributed by atoms with Gasteiger partial charge in [-0.15, -0.1) is 0 Å². The number of alkyl halides is 4. The first-order valence-electron chi connectivity index (χ1n) is 9.77. The molecule has 2 saturated heterocycles. The summed E-state index contributed by atoms with van der Waals surface area (Å²) >= 11 is 6.03. The van der Waals surface area contributed by atoms with Crippen molar-refractivity contribution in [3.8, 4) is 5.75 Å². The van der Waals surface area contributed by atoms with Crippen LogP contribution in [-0.2, 0) is 15.1 Å². The number of benzene rings is 1. The Hall–Kier alpha value is -2.43. The minimum absolute atomic E-state index is 0.0877. The van der Waals surface area contributed by atoms with Crippen molar-refractivity contribution in [2.75, 3.05) is 26.5 Å². The van der Waals surface area contributed by atoms with Gasteiger partial charge in [-0.25, -0.2) is 8.78 Å². The second-order valence-corrected chi connectivity index (χ2v) is 7.93. The fourth-order valence-electron chi connectivity index (χ4n) is 3.81. The van der Waals surface area contributed by atoms with E-state index in [4.69, 9.17) is 25.8 Å². The molecule has 0 spiro atoms. The fourth-order valence-corrected chi connectivity index (χ4v) is 4.04. The molecule has 172 valence electrons. The number of carbonyl (C=O) groups excluding carboxylic acids is 1. The van der Waals surface area contributed by atoms with Crippen molar-refractivity contribution < 1.29 is 36.6 Å². The number of pyridine rings is 1. The molecule has 2 fully saturated rings. The van der Waals surface area contributed by atoms with Crippen molar-refractivity contribution in [2.45, 2.75) is 30.5 Å². The van der Waals surface area contributed by atoms with Crippen molar-refractivity contribution in [3.63, 3.8) is 0 Å². The molecule has 2 atom stereocenters. The van der Waals surface area contributed by atoms with Crippen LogP contribution in [0.5, 0.6) is 5.75 Å². The number of carbonyl (C=O) groups is 1. The van der Waals surface area contributed by atoms with Gasteiger partial charge in [-0.05, 0) is 30.3 Å². The molecule has 11 heteroatoms. The maximum absolute atomic E-state index is 13.1. The Morgan fingerprint density at radius 2 is 2.16 bits per heavy atom. The molecular formula is C21H19ClF4N2O4. The summed E-state index contributed by atoms with van der Waals surface area (Å²) in [7, 11) is 0. The van der Waals surface area contributed by atoms with E-state index in [0.717, 1.165) is 5.69 Å². The number of halogens is 5. The summed E-state index contributed by atoms with van der Waals surface area (Å²) in [6.45, 7) is -0.819. The van der Waals surface area contributed by atoms with Crippen molar-refractivity contribution in [1.29, 1.82) is 0 Å². The third-order valence-corrected chi connectivity index (χ3v) is 5.84. The van der Waals surface area contributed by atoms with Gasteiger partial charge in [0.15, 0.2) is 6.61 Å². The van der Waals surface area contributed by atoms with Crippen LogP contribution in [0.15, 0.2) is 42.6 Å². The van der Waals surface area contributed by atoms with Crippen molar-refractivity contribution >= 4 is 17.5 Å². The number of hydrogen-bond donors (Lipinski definition) is 0. The molecule has 2 aliphatic rings. The maximum Gasteiger partial charge on any atom is 0.340 e. The fraction of sp³-hybridized carbons (Fsp3) is 0.429. The molecule has 32 heavy (non-hydrogen) atoms. The number of amides is 1. The normalized spacial score (nSPS) is 23.3. The van der Waals surface area contributed by atoms with Crippen LogP contribution in [0.4, 0.5) is 17.6 Å². The molecule has 2 aliphatic heterocycles. The lowest BCUT2D eigenvalue weighted by atomic mass is 9.85. The van der Waals surface area contributed by atoms with Crippen molar-refractivity contribution in [3.05, 3.63) is 58.9 Å². The number of likely N-dealkylation sites (tertiary alicyclic amines) is 1. The maximum atomic E-state index is 13.1. The monoisotopic (exact) mass is 474 g/mol. The van der Waals surface area contributed by atoms with E-state index in [1.54, 1.807) is 17.2 Å². The highest BCUT2D eigenvalue weighted by molar-refractivity contribution is 6.32. The van der Waals surface area contributed by atoms with Gasteiger partial charge in [-0.3, -0.25) is 9.78 Å². The smallest absolute Gasteiger partial charge is 0.340 e. The largest absolute Gasteiger partial charge is 0.486 e. The van der Waals surface area contributed by atoms with E-state index in [9.17, 15) is 22.4 Å². The van der Waals surface area contributed by atoms with E-state index in [1.165, 1.54) is 18.2 Å². The number of piperidine rings is 1. The van der Waals surface area contributed by atoms with E-state index >= 15 is 0 Å². The van der Waals surface area contributed by atoms with E-state index in [2.05, 4.69) is 4.98 Å². The first kappa shape index (κ1) is 22.8. The van der Waals surface area contributed by atoms with Crippen LogP contribution in [0.2, 0.25) is 5.02 Å². The molecule has 0 unspecified atom stereocenters. The van der Waals surface area contributed by atoms with Crippen LogP contribution < -0.4 is 4.74 Å². The zero-order valence-electron chi connectivity index (χ0n) is 16.6. The number of aromatic nitrogens is 1. The SMILES string of the molecule is O=C(c1ccc(OCC(F)(F)C(F)F)c(Cl)c1)N1CC[C@]2(c3ccccn3)OCO[C@@H]2C1. The zero-order valence-corrected chi connectivity index (χ0v) is 17.4. The van der Waals surface area contributed by atoms with Crippen LogP contribution in [0.25, 0.3) is 0 Å². The van der Waals surface area contributed by atoms with Crippen LogP contribution in [-0.4, -0.2) is 60.7 Å². The number of nitrogens with zero attached hydrogens (tertiary/aromatic N) is 2. The lowest BCUT2D eigenvalue weighted by Crippen LogP contribution is -2.53. The molecule has 0 saturated carbocycles. The first-order chi connectivity index (χ1) is 15.2. The van der Waals surface area contributed by atoms with Crippen molar-refractivity contribution in [2.24, 2.45) is 0 Å². The Morgan fingerprint density at radius 1 is 1.34 bits per heavy atom. The van der Waals surface area contributed by atoms with Gasteiger partial charge in [0.25, 0.3) is 5.91 Å². The molecule has 6 nitrogen and oxygen atoms in total. The van der Waals surface area contributed by atoms with Gasteiger partial charge in [-0.2, -0.15) is 8.78 Å². The molecule has 0 radical (unpaired) electrons. The lowest BCUT2D eigenvalue weighted by Gasteiger charge is -2.41. The van der Waals surface area contributed by atoms with Gasteiger partial charge < -0.3 is 19.1 Å². The van der Waals surface area contributed by atoms with Gasteiger partial charge in [0.05, 0.1) is 17.3 Å². The second kappa shape index (κ2) is 8.84. The topological polar surface area (TPSA) is 60.9 Å². The molecule has 2 aromatic rings. The second-order valence-electron chi connectivity index (χ2n) is 7.52. The van der Waals surface area contributed by atoms with Gasteiger partial charge in [0.1, 0.15) is 24.2 Å². The Balaban J connectivity index is 1.45. The first-order valence-corrected chi connectivity index (χ1v) is 10.2. The molecule has 0 N–H and O–H groups in total. The van der Waals surface area contributed by atoms with Crippen molar-refractivity contribution in [1.82, 2.24) is 9.88 Å². The number of fused-ring (bicyclic) bond motifs is 1. The Kier molecular flexibility index (Phi) is 6.28. The predicted molar refractivity (Wildman–Crippen MR) is 105 cm³/mol. The number of ether oxygens (including phenoxy) is 3. The van der Waals surface area contributed by atoms with E-state index in [1.807, 2.05) is 12.1 Å². The third kappa shape index (κ3) is 4.26. The summed E-state index contributed by atoms with van der Waals surface area (Å²) in [6, 6.07) is 9.32. The van der Waals surface area contributed by atoms with Crippen LogP contribution in [0.1, 0.15) is 22.5 Å². The van der Waals surface area contributed by atoms with E-state index in [0.29, 0.717) is 13.0 Å². The average molecular weight is 475 g/mol. The number of hydrogen-bond acceptors (Lipinski definition) is 5. The molecular weight excluding hydrogens is 456 g/mol. The average Bonchev–Trinajstić information content (AvgIpc) is 3.22. The lowest BCUT2D eigenvalue weighted by molar-refractivity contribution is -0.148. The minimum Gasteiger partial charge on any atom is -0.486 e. The van der Waals surface area contributed by atoms with Crippen LogP contribution >= 0.6 is 11.6 Å². The molecule has 0 aliphatic carbocycles. The third-order valence-electron chi connectivity index (χ3n) is 5.55. The molecule has 1 aromatic carbocycles. The predicted octanol–water partition coefficient (Wildman–Crippen LogP) is 4.13. The standard InChI is InChI=1S/C21H19ClF4N2O4/c22-14-9-13(4-5-15(14)30-11-21(25,26)19(23)24)18(29)28-8-6-20(16-3-1-2-7-27-16)17(10-28)31-12-32-20/h1-5,7,9,17,19H,6,8,10-12H2/t17-,20-/m1/s1. The Morgan fingerprint density at radius 3 is 2.84 bits per heavy atom. The van der Waals surface area contributed by atoms with Crippen LogP contribution in [0.3, 0.4) is 0 Å². The van der Waals surface area contributed by atoms with Gasteiger partial charge in [-0.1, -0.05) is 17.7 Å². The van der Waals surface area contributed by atoms with E-state index in [-0.39, 0.29) is 35.6 Å². The molecule has 1 aromatic heterocycles. The molecule has 3 heterocycles. The van der Waals surface area contributed by atoms with Crippen LogP contribution in [0, 0.1) is 0 Å². The molecule has 0 bridgehead atoms. The van der Waals surface area contributed by atoms with Gasteiger partial charge in [0, 0.05) is 24.7 Å². The summed E-state index contributed by atoms with van der Waals surface area (Å²) in [4.78, 5) is 19.0. The Labute approximate surface area is 186 Å². The minimum atomic E-state index is -4.31. The summed E-state index contributed by atoms with van der Waals surface area (Å²) in [5, 5.41) is -0.138. The quantitative estimate of drug-likeness (QED) is 0.589.